The molecule has 2 N–H and O–H groups in total. The second kappa shape index (κ2) is 7.15. The van der Waals surface area contributed by atoms with Gasteiger partial charge in [-0.1, -0.05) is 33.1 Å². The highest BCUT2D eigenvalue weighted by Gasteiger charge is 2.25. The van der Waals surface area contributed by atoms with Crippen LogP contribution in [-0.4, -0.2) is 26.3 Å². The minimum Gasteiger partial charge on any atom is -0.423 e. The van der Waals surface area contributed by atoms with E-state index >= 15 is 0 Å². The van der Waals surface area contributed by atoms with Crippen LogP contribution in [0, 0.1) is 0 Å². The first-order valence-corrected chi connectivity index (χ1v) is 8.73. The number of nitrogens with zero attached hydrogens (tertiary/aromatic N) is 3. The van der Waals surface area contributed by atoms with Crippen molar-refractivity contribution in [1.82, 2.24) is 25.7 Å². The molecule has 1 saturated carbocycles. The van der Waals surface area contributed by atoms with Crippen LogP contribution in [0.2, 0.25) is 0 Å². The summed E-state index contributed by atoms with van der Waals surface area (Å²) in [7, 11) is 0. The molecule has 0 unspecified atom stereocenters. The molecule has 0 bridgehead atoms. The average Bonchev–Trinajstić information content (AvgIpc) is 3.25. The van der Waals surface area contributed by atoms with E-state index in [4.69, 9.17) is 4.42 Å². The van der Waals surface area contributed by atoms with Gasteiger partial charge in [0.15, 0.2) is 0 Å². The van der Waals surface area contributed by atoms with Gasteiger partial charge in [-0.2, -0.15) is 5.10 Å². The Bertz CT molecular complexity index is 685. The van der Waals surface area contributed by atoms with E-state index in [1.54, 1.807) is 6.20 Å². The fourth-order valence-corrected chi connectivity index (χ4v) is 3.17. The number of amides is 1. The summed E-state index contributed by atoms with van der Waals surface area (Å²) in [6.45, 7) is 5.82. The smallest absolute Gasteiger partial charge is 0.255 e. The first-order chi connectivity index (χ1) is 11.6. The molecule has 7 nitrogen and oxygen atoms in total. The second-order valence-corrected chi connectivity index (χ2v) is 6.86. The van der Waals surface area contributed by atoms with Gasteiger partial charge < -0.3 is 9.73 Å². The first kappa shape index (κ1) is 16.7. The number of carbonyl (C=O) groups excluding carboxylic acids is 1. The van der Waals surface area contributed by atoms with E-state index in [1.165, 1.54) is 19.3 Å². The summed E-state index contributed by atoms with van der Waals surface area (Å²) in [5.74, 6) is 1.42. The van der Waals surface area contributed by atoms with Gasteiger partial charge in [0.25, 0.3) is 5.91 Å². The quantitative estimate of drug-likeness (QED) is 0.874. The predicted molar refractivity (Wildman–Crippen MR) is 88.7 cm³/mol. The molecule has 0 spiro atoms. The average molecular weight is 331 g/mol. The lowest BCUT2D eigenvalue weighted by Crippen LogP contribution is -2.28. The Morgan fingerprint density at radius 1 is 1.21 bits per heavy atom. The van der Waals surface area contributed by atoms with Crippen molar-refractivity contribution in [1.29, 1.82) is 0 Å². The third kappa shape index (κ3) is 3.49. The molecule has 2 aromatic heterocycles. The van der Waals surface area contributed by atoms with Gasteiger partial charge in [0.05, 0.1) is 17.5 Å². The van der Waals surface area contributed by atoms with Gasteiger partial charge in [-0.05, 0) is 19.8 Å². The lowest BCUT2D eigenvalue weighted by atomic mass is 9.85. The second-order valence-electron chi connectivity index (χ2n) is 6.86. The van der Waals surface area contributed by atoms with Crippen molar-refractivity contribution in [2.75, 3.05) is 0 Å². The lowest BCUT2D eigenvalue weighted by molar-refractivity contribution is 0.0932. The van der Waals surface area contributed by atoms with Crippen LogP contribution in [0.5, 0.6) is 0 Å². The molecule has 0 radical (unpaired) electrons. The number of aromatic nitrogens is 4. The van der Waals surface area contributed by atoms with E-state index in [2.05, 4.69) is 25.7 Å². The summed E-state index contributed by atoms with van der Waals surface area (Å²) in [5, 5.41) is 18.1. The summed E-state index contributed by atoms with van der Waals surface area (Å²) in [4.78, 5) is 12.6. The van der Waals surface area contributed by atoms with E-state index in [-0.39, 0.29) is 17.9 Å². The molecule has 2 heterocycles. The molecule has 0 aromatic carbocycles. The maximum atomic E-state index is 12.6. The van der Waals surface area contributed by atoms with Gasteiger partial charge in [-0.3, -0.25) is 9.89 Å². The standard InChI is InChI=1S/C17H25N5O2/c1-10(2)16-21-22-17(24-16)11(3)19-15(23)13-9-18-20-14(13)12-7-5-4-6-8-12/h9-12H,4-8H2,1-3H3,(H,18,20)(H,19,23)/t11-/m1/s1. The molecule has 3 rings (SSSR count). The molecular weight excluding hydrogens is 306 g/mol. The number of carbonyl (C=O) groups is 1. The number of hydrogen-bond acceptors (Lipinski definition) is 5. The minimum atomic E-state index is -0.341. The zero-order valence-electron chi connectivity index (χ0n) is 14.5. The van der Waals surface area contributed by atoms with Gasteiger partial charge in [0.2, 0.25) is 11.8 Å². The van der Waals surface area contributed by atoms with E-state index in [1.807, 2.05) is 20.8 Å². The Hall–Kier alpha value is -2.18. The van der Waals surface area contributed by atoms with Crippen molar-refractivity contribution in [3.63, 3.8) is 0 Å². The normalized spacial score (nSPS) is 17.2. The molecule has 0 aliphatic heterocycles. The van der Waals surface area contributed by atoms with Crippen LogP contribution >= 0.6 is 0 Å². The van der Waals surface area contributed by atoms with E-state index in [0.717, 1.165) is 18.5 Å². The Kier molecular flexibility index (Phi) is 4.97. The van der Waals surface area contributed by atoms with Crippen LogP contribution in [-0.2, 0) is 0 Å². The number of nitrogens with one attached hydrogen (secondary N) is 2. The maximum absolute atomic E-state index is 12.6. The number of rotatable bonds is 5. The number of hydrogen-bond donors (Lipinski definition) is 2. The molecule has 24 heavy (non-hydrogen) atoms. The third-order valence-electron chi connectivity index (χ3n) is 4.60. The minimum absolute atomic E-state index is 0.152. The van der Waals surface area contributed by atoms with Crippen LogP contribution in [0.1, 0.15) is 98.6 Å². The highest BCUT2D eigenvalue weighted by molar-refractivity contribution is 5.95. The van der Waals surface area contributed by atoms with Gasteiger partial charge >= 0.3 is 0 Å². The van der Waals surface area contributed by atoms with Crippen molar-refractivity contribution in [3.8, 4) is 0 Å². The molecule has 130 valence electrons. The highest BCUT2D eigenvalue weighted by Crippen LogP contribution is 2.33. The van der Waals surface area contributed by atoms with Gasteiger partial charge in [-0.15, -0.1) is 10.2 Å². The molecular formula is C17H25N5O2. The highest BCUT2D eigenvalue weighted by atomic mass is 16.4. The van der Waals surface area contributed by atoms with Crippen molar-refractivity contribution in [2.45, 2.75) is 70.8 Å². The third-order valence-corrected chi connectivity index (χ3v) is 4.60. The molecule has 0 saturated heterocycles. The molecule has 2 aromatic rings. The summed E-state index contributed by atoms with van der Waals surface area (Å²) in [6, 6.07) is -0.341. The largest absolute Gasteiger partial charge is 0.423 e. The Balaban J connectivity index is 1.69. The van der Waals surface area contributed by atoms with Gasteiger partial charge in [-0.25, -0.2) is 0 Å². The Morgan fingerprint density at radius 3 is 2.58 bits per heavy atom. The Morgan fingerprint density at radius 2 is 1.92 bits per heavy atom. The molecule has 1 aliphatic rings. The van der Waals surface area contributed by atoms with E-state index in [0.29, 0.717) is 23.3 Å². The lowest BCUT2D eigenvalue weighted by Gasteiger charge is -2.21. The fraction of sp³-hybridized carbons (Fsp3) is 0.647. The van der Waals surface area contributed by atoms with Crippen molar-refractivity contribution < 1.29 is 9.21 Å². The molecule has 1 aliphatic carbocycles. The zero-order valence-corrected chi connectivity index (χ0v) is 14.5. The molecule has 7 heteroatoms. The van der Waals surface area contributed by atoms with Gasteiger partial charge in [0, 0.05) is 11.8 Å². The first-order valence-electron chi connectivity index (χ1n) is 8.73. The van der Waals surface area contributed by atoms with Crippen LogP contribution in [0.25, 0.3) is 0 Å². The molecule has 1 atom stereocenters. The van der Waals surface area contributed by atoms with Crippen molar-refractivity contribution in [2.24, 2.45) is 0 Å². The SMILES string of the molecule is CC(C)c1nnc([C@@H](C)NC(=O)c2cn[nH]c2C2CCCCC2)o1. The summed E-state index contributed by atoms with van der Waals surface area (Å²) >= 11 is 0. The fourth-order valence-electron chi connectivity index (χ4n) is 3.17. The van der Waals surface area contributed by atoms with Crippen molar-refractivity contribution in [3.05, 3.63) is 29.2 Å². The molecule has 1 amide bonds. The Labute approximate surface area is 141 Å². The predicted octanol–water partition coefficient (Wildman–Crippen LogP) is 3.45. The maximum Gasteiger partial charge on any atom is 0.255 e. The number of aromatic amines is 1. The van der Waals surface area contributed by atoms with E-state index in [9.17, 15) is 4.79 Å². The van der Waals surface area contributed by atoms with Crippen LogP contribution in [0.3, 0.4) is 0 Å². The zero-order chi connectivity index (χ0) is 17.1. The van der Waals surface area contributed by atoms with E-state index < -0.39 is 0 Å². The topological polar surface area (TPSA) is 96.7 Å². The van der Waals surface area contributed by atoms with Crippen LogP contribution < -0.4 is 5.32 Å². The molecule has 1 fully saturated rings. The van der Waals surface area contributed by atoms with Gasteiger partial charge in [0.1, 0.15) is 6.04 Å². The summed E-state index contributed by atoms with van der Waals surface area (Å²) < 4.78 is 5.61. The van der Waals surface area contributed by atoms with Crippen LogP contribution in [0.4, 0.5) is 0 Å². The van der Waals surface area contributed by atoms with Crippen LogP contribution in [0.15, 0.2) is 10.6 Å². The monoisotopic (exact) mass is 331 g/mol. The number of H-pyrrole nitrogens is 1. The van der Waals surface area contributed by atoms with Crippen molar-refractivity contribution >= 4 is 5.91 Å². The summed E-state index contributed by atoms with van der Waals surface area (Å²) in [6.07, 6.45) is 7.53. The summed E-state index contributed by atoms with van der Waals surface area (Å²) in [5.41, 5.74) is 1.57.